The van der Waals surface area contributed by atoms with E-state index in [-0.39, 0.29) is 5.84 Å². The minimum Gasteiger partial charge on any atom is -0.409 e. The van der Waals surface area contributed by atoms with Crippen molar-refractivity contribution in [2.45, 2.75) is 40.2 Å². The Bertz CT molecular complexity index is 499. The number of nitrogens with zero attached hydrogens (tertiary/aromatic N) is 3. The summed E-state index contributed by atoms with van der Waals surface area (Å²) in [5.74, 6) is 0.862. The molecular formula is C16H26N4O. The predicted molar refractivity (Wildman–Crippen MR) is 84.2 cm³/mol. The molecule has 1 aromatic heterocycles. The summed E-state index contributed by atoms with van der Waals surface area (Å²) in [7, 11) is 0. The highest BCUT2D eigenvalue weighted by atomic mass is 16.4. The second-order valence-electron chi connectivity index (χ2n) is 6.91. The largest absolute Gasteiger partial charge is 0.409 e. The number of hydrogen-bond donors (Lipinski definition) is 2. The van der Waals surface area contributed by atoms with E-state index in [2.05, 4.69) is 35.8 Å². The summed E-state index contributed by atoms with van der Waals surface area (Å²) in [4.78, 5) is 6.65. The van der Waals surface area contributed by atoms with Crippen molar-refractivity contribution in [1.29, 1.82) is 0 Å². The lowest BCUT2D eigenvalue weighted by Crippen LogP contribution is -2.38. The number of nitrogens with two attached hydrogens (primary N) is 1. The van der Waals surface area contributed by atoms with E-state index in [4.69, 9.17) is 10.9 Å². The van der Waals surface area contributed by atoms with Crippen LogP contribution in [0.15, 0.2) is 23.5 Å². The molecule has 0 amide bonds. The molecule has 1 fully saturated rings. The molecule has 0 bridgehead atoms. The van der Waals surface area contributed by atoms with Crippen molar-refractivity contribution in [3.05, 3.63) is 29.6 Å². The van der Waals surface area contributed by atoms with Gasteiger partial charge in [-0.1, -0.05) is 32.0 Å². The fraction of sp³-hybridized carbons (Fsp3) is 0.625. The number of oxime groups is 1. The highest BCUT2D eigenvalue weighted by Gasteiger charge is 2.28. The second kappa shape index (κ2) is 6.43. The van der Waals surface area contributed by atoms with Gasteiger partial charge in [0, 0.05) is 12.7 Å². The first-order chi connectivity index (χ1) is 9.91. The molecule has 2 rings (SSSR count). The first-order valence-electron chi connectivity index (χ1n) is 7.56. The third-order valence-corrected chi connectivity index (χ3v) is 4.45. The van der Waals surface area contributed by atoms with Gasteiger partial charge in [0.2, 0.25) is 0 Å². The number of amidine groups is 1. The summed E-state index contributed by atoms with van der Waals surface area (Å²) in [6.07, 6.45) is 4.12. The molecule has 1 aromatic rings. The second-order valence-corrected chi connectivity index (χ2v) is 6.91. The maximum absolute atomic E-state index is 8.85. The maximum atomic E-state index is 8.85. The van der Waals surface area contributed by atoms with Gasteiger partial charge < -0.3 is 10.9 Å². The van der Waals surface area contributed by atoms with Gasteiger partial charge in [-0.3, -0.25) is 9.88 Å². The number of pyridine rings is 1. The highest BCUT2D eigenvalue weighted by molar-refractivity contribution is 5.96. The minimum atomic E-state index is 0.0789. The summed E-state index contributed by atoms with van der Waals surface area (Å²) < 4.78 is 0. The normalized spacial score (nSPS) is 18.9. The van der Waals surface area contributed by atoms with Crippen LogP contribution < -0.4 is 5.73 Å². The molecule has 5 heteroatoms. The lowest BCUT2D eigenvalue weighted by molar-refractivity contribution is 0.108. The number of likely N-dealkylation sites (tertiary alicyclic amines) is 1. The van der Waals surface area contributed by atoms with Gasteiger partial charge in [-0.15, -0.1) is 0 Å². The smallest absolute Gasteiger partial charge is 0.189 e. The summed E-state index contributed by atoms with van der Waals surface area (Å²) in [5, 5.41) is 11.9. The van der Waals surface area contributed by atoms with Gasteiger partial charge in [-0.05, 0) is 48.9 Å². The van der Waals surface area contributed by atoms with E-state index in [1.807, 2.05) is 12.1 Å². The monoisotopic (exact) mass is 290 g/mol. The molecule has 5 nitrogen and oxygen atoms in total. The Hall–Kier alpha value is -1.62. The molecule has 0 saturated carbocycles. The molecule has 3 N–H and O–H groups in total. The molecule has 0 radical (unpaired) electrons. The number of aromatic nitrogens is 1. The van der Waals surface area contributed by atoms with Gasteiger partial charge in [0.1, 0.15) is 5.69 Å². The van der Waals surface area contributed by atoms with Crippen LogP contribution in [-0.2, 0) is 6.54 Å². The fourth-order valence-corrected chi connectivity index (χ4v) is 3.04. The molecular weight excluding hydrogens is 264 g/mol. The molecule has 1 aliphatic rings. The first kappa shape index (κ1) is 15.8. The molecule has 1 saturated heterocycles. The van der Waals surface area contributed by atoms with Gasteiger partial charge in [-0.25, -0.2) is 0 Å². The average Bonchev–Trinajstić information content (AvgIpc) is 2.46. The Balaban J connectivity index is 2.02. The van der Waals surface area contributed by atoms with Crippen molar-refractivity contribution in [2.75, 3.05) is 13.1 Å². The quantitative estimate of drug-likeness (QED) is 0.388. The van der Waals surface area contributed by atoms with Gasteiger partial charge in [-0.2, -0.15) is 0 Å². The van der Waals surface area contributed by atoms with Crippen molar-refractivity contribution in [3.63, 3.8) is 0 Å². The summed E-state index contributed by atoms with van der Waals surface area (Å²) in [6, 6.07) is 3.89. The molecule has 0 aromatic carbocycles. The zero-order valence-corrected chi connectivity index (χ0v) is 13.2. The van der Waals surface area contributed by atoms with Crippen LogP contribution in [0.25, 0.3) is 0 Å². The maximum Gasteiger partial charge on any atom is 0.189 e. The summed E-state index contributed by atoms with van der Waals surface area (Å²) >= 11 is 0. The van der Waals surface area contributed by atoms with E-state index in [0.717, 1.165) is 31.1 Å². The van der Waals surface area contributed by atoms with Gasteiger partial charge >= 0.3 is 0 Å². The molecule has 2 heterocycles. The van der Waals surface area contributed by atoms with Crippen LogP contribution in [0, 0.1) is 11.3 Å². The van der Waals surface area contributed by atoms with Crippen LogP contribution in [0.4, 0.5) is 0 Å². The predicted octanol–water partition coefficient (Wildman–Crippen LogP) is 2.43. The van der Waals surface area contributed by atoms with Crippen molar-refractivity contribution in [1.82, 2.24) is 9.88 Å². The van der Waals surface area contributed by atoms with Crippen molar-refractivity contribution in [3.8, 4) is 0 Å². The lowest BCUT2D eigenvalue weighted by atomic mass is 9.75. The first-order valence-corrected chi connectivity index (χ1v) is 7.56. The SMILES string of the molecule is CC(C)(C)C1CCN(Cc2cccnc2C(N)=NO)CC1. The zero-order valence-electron chi connectivity index (χ0n) is 13.2. The van der Waals surface area contributed by atoms with Crippen LogP contribution in [0.2, 0.25) is 0 Å². The van der Waals surface area contributed by atoms with Crippen molar-refractivity contribution < 1.29 is 5.21 Å². The van der Waals surface area contributed by atoms with Crippen LogP contribution >= 0.6 is 0 Å². The fourth-order valence-electron chi connectivity index (χ4n) is 3.04. The Morgan fingerprint density at radius 2 is 2.10 bits per heavy atom. The van der Waals surface area contributed by atoms with Gasteiger partial charge in [0.05, 0.1) is 0 Å². The van der Waals surface area contributed by atoms with Crippen LogP contribution in [0.5, 0.6) is 0 Å². The third-order valence-electron chi connectivity index (χ3n) is 4.45. The number of rotatable bonds is 3. The van der Waals surface area contributed by atoms with Crippen LogP contribution in [-0.4, -0.2) is 34.0 Å². The minimum absolute atomic E-state index is 0.0789. The third kappa shape index (κ3) is 3.94. The standard InChI is InChI=1S/C16H26N4O/c1-16(2,3)13-6-9-20(10-7-13)11-12-5-4-8-18-14(12)15(17)19-21/h4-5,8,13,21H,6-7,9-11H2,1-3H3,(H2,17,19). The number of piperidine rings is 1. The Morgan fingerprint density at radius 3 is 2.67 bits per heavy atom. The summed E-state index contributed by atoms with van der Waals surface area (Å²) in [6.45, 7) is 9.95. The van der Waals surface area contributed by atoms with E-state index in [9.17, 15) is 0 Å². The van der Waals surface area contributed by atoms with E-state index in [1.54, 1.807) is 6.20 Å². The van der Waals surface area contributed by atoms with E-state index in [1.165, 1.54) is 12.8 Å². The highest BCUT2D eigenvalue weighted by Crippen LogP contribution is 2.34. The molecule has 0 atom stereocenters. The van der Waals surface area contributed by atoms with Crippen molar-refractivity contribution in [2.24, 2.45) is 22.2 Å². The Morgan fingerprint density at radius 1 is 1.43 bits per heavy atom. The van der Waals surface area contributed by atoms with Crippen LogP contribution in [0.1, 0.15) is 44.9 Å². The van der Waals surface area contributed by atoms with Gasteiger partial charge in [0.25, 0.3) is 0 Å². The van der Waals surface area contributed by atoms with E-state index in [0.29, 0.717) is 11.1 Å². The molecule has 0 unspecified atom stereocenters. The van der Waals surface area contributed by atoms with Crippen molar-refractivity contribution >= 4 is 5.84 Å². The van der Waals surface area contributed by atoms with E-state index >= 15 is 0 Å². The zero-order chi connectivity index (χ0) is 15.5. The average molecular weight is 290 g/mol. The molecule has 21 heavy (non-hydrogen) atoms. The molecule has 0 spiro atoms. The Labute approximate surface area is 126 Å². The van der Waals surface area contributed by atoms with Crippen LogP contribution in [0.3, 0.4) is 0 Å². The molecule has 1 aliphatic heterocycles. The van der Waals surface area contributed by atoms with E-state index < -0.39 is 0 Å². The lowest BCUT2D eigenvalue weighted by Gasteiger charge is -2.38. The Kier molecular flexibility index (Phi) is 4.83. The number of hydrogen-bond acceptors (Lipinski definition) is 4. The summed E-state index contributed by atoms with van der Waals surface area (Å²) in [5.41, 5.74) is 7.68. The van der Waals surface area contributed by atoms with Gasteiger partial charge in [0.15, 0.2) is 5.84 Å². The molecule has 116 valence electrons. The molecule has 0 aliphatic carbocycles. The topological polar surface area (TPSA) is 74.7 Å².